The third-order valence-electron chi connectivity index (χ3n) is 5.88. The Labute approximate surface area is 194 Å². The van der Waals surface area contributed by atoms with E-state index in [0.717, 1.165) is 12.3 Å². The first-order chi connectivity index (χ1) is 16.3. The van der Waals surface area contributed by atoms with Gasteiger partial charge in [-0.25, -0.2) is 32.2 Å². The number of hydrogen-bond donors (Lipinski definition) is 1. The highest BCUT2D eigenvalue weighted by molar-refractivity contribution is 7.91. The normalized spacial score (nSPS) is 16.7. The molecule has 0 spiro atoms. The molecule has 1 fully saturated rings. The van der Waals surface area contributed by atoms with Crippen LogP contribution in [0.15, 0.2) is 29.6 Å². The lowest BCUT2D eigenvalue weighted by Gasteiger charge is -2.35. The monoisotopic (exact) mass is 515 g/mol. The first-order valence-electron chi connectivity index (χ1n) is 10.5. The molecule has 0 aliphatic heterocycles. The number of nitrogens with zero attached hydrogens (tertiary/aromatic N) is 6. The van der Waals surface area contributed by atoms with Crippen molar-refractivity contribution in [2.45, 2.75) is 42.9 Å². The van der Waals surface area contributed by atoms with E-state index in [2.05, 4.69) is 25.4 Å². The van der Waals surface area contributed by atoms with Crippen LogP contribution in [0.5, 0.6) is 0 Å². The highest BCUT2D eigenvalue weighted by Gasteiger charge is 2.45. The lowest BCUT2D eigenvalue weighted by molar-refractivity contribution is -0.141. The van der Waals surface area contributed by atoms with E-state index in [1.54, 1.807) is 0 Å². The van der Waals surface area contributed by atoms with Crippen molar-refractivity contribution in [3.63, 3.8) is 0 Å². The molecule has 0 aromatic carbocycles. The standard InChI is InChI=1S/C20H18F5N7O2S/c1-3-35(33,34)18-15(17-29-11-6-13(20(23,24)25)27-9-12(11)31(17)2)16-26-5-4-14(32(16)30-18)28-10-7-19(21,22)8-10/h4-6,9-10,28H,3,7-8H2,1-2H3. The van der Waals surface area contributed by atoms with Crippen molar-refractivity contribution in [2.75, 3.05) is 11.1 Å². The van der Waals surface area contributed by atoms with Crippen LogP contribution in [0.25, 0.3) is 28.1 Å². The highest BCUT2D eigenvalue weighted by Crippen LogP contribution is 2.40. The number of rotatable bonds is 5. The van der Waals surface area contributed by atoms with Crippen LogP contribution in [0.2, 0.25) is 0 Å². The number of pyridine rings is 1. The van der Waals surface area contributed by atoms with Crippen molar-refractivity contribution in [3.8, 4) is 11.4 Å². The van der Waals surface area contributed by atoms with Gasteiger partial charge in [0.15, 0.2) is 20.5 Å². The number of aromatic nitrogens is 6. The van der Waals surface area contributed by atoms with Crippen molar-refractivity contribution in [1.82, 2.24) is 29.1 Å². The Hall–Kier alpha value is -3.36. The molecule has 0 radical (unpaired) electrons. The summed E-state index contributed by atoms with van der Waals surface area (Å²) in [6, 6.07) is 1.70. The summed E-state index contributed by atoms with van der Waals surface area (Å²) in [6.45, 7) is 1.42. The van der Waals surface area contributed by atoms with Crippen molar-refractivity contribution in [2.24, 2.45) is 7.05 Å². The van der Waals surface area contributed by atoms with E-state index in [0.29, 0.717) is 0 Å². The van der Waals surface area contributed by atoms with Crippen molar-refractivity contribution in [3.05, 3.63) is 30.2 Å². The third-order valence-corrected chi connectivity index (χ3v) is 7.52. The molecule has 0 unspecified atom stereocenters. The smallest absolute Gasteiger partial charge is 0.367 e. The van der Waals surface area contributed by atoms with E-state index < -0.39 is 33.7 Å². The molecule has 9 nitrogen and oxygen atoms in total. The maximum absolute atomic E-state index is 13.3. The molecule has 4 aromatic rings. The fourth-order valence-electron chi connectivity index (χ4n) is 4.03. The van der Waals surface area contributed by atoms with Crippen LogP contribution in [-0.2, 0) is 23.1 Å². The largest absolute Gasteiger partial charge is 0.433 e. The third kappa shape index (κ3) is 3.86. The second-order valence-electron chi connectivity index (χ2n) is 8.30. The molecule has 15 heteroatoms. The molecule has 1 aliphatic carbocycles. The number of fused-ring (bicyclic) bond motifs is 2. The van der Waals surface area contributed by atoms with Gasteiger partial charge >= 0.3 is 6.18 Å². The maximum Gasteiger partial charge on any atom is 0.433 e. The molecule has 1 aliphatic rings. The molecule has 0 amide bonds. The average molecular weight is 515 g/mol. The molecule has 0 bridgehead atoms. The van der Waals surface area contributed by atoms with Gasteiger partial charge in [0.2, 0.25) is 0 Å². The quantitative estimate of drug-likeness (QED) is 0.404. The van der Waals surface area contributed by atoms with Gasteiger partial charge in [-0.1, -0.05) is 6.92 Å². The summed E-state index contributed by atoms with van der Waals surface area (Å²) >= 11 is 0. The lowest BCUT2D eigenvalue weighted by atomic mass is 9.88. The summed E-state index contributed by atoms with van der Waals surface area (Å²) in [5.41, 5.74) is -0.914. The Morgan fingerprint density at radius 2 is 1.94 bits per heavy atom. The molecule has 35 heavy (non-hydrogen) atoms. The first-order valence-corrected chi connectivity index (χ1v) is 12.1. The second kappa shape index (κ2) is 7.57. The number of nitrogens with one attached hydrogen (secondary N) is 1. The Balaban J connectivity index is 1.72. The number of anilines is 1. The van der Waals surface area contributed by atoms with E-state index in [4.69, 9.17) is 0 Å². The minimum atomic E-state index is -4.69. The van der Waals surface area contributed by atoms with Crippen LogP contribution in [-0.4, -0.2) is 55.3 Å². The van der Waals surface area contributed by atoms with Gasteiger partial charge in [0.1, 0.15) is 22.9 Å². The van der Waals surface area contributed by atoms with Crippen LogP contribution in [0.3, 0.4) is 0 Å². The fourth-order valence-corrected chi connectivity index (χ4v) is 5.00. The molecule has 1 N–H and O–H groups in total. The molecule has 4 heterocycles. The maximum atomic E-state index is 13.3. The summed E-state index contributed by atoms with van der Waals surface area (Å²) in [6.07, 6.45) is -3.10. The molecule has 1 saturated carbocycles. The predicted octanol–water partition coefficient (Wildman–Crippen LogP) is 3.70. The van der Waals surface area contributed by atoms with Gasteiger partial charge in [0.25, 0.3) is 5.92 Å². The molecular weight excluding hydrogens is 497 g/mol. The lowest BCUT2D eigenvalue weighted by Crippen LogP contribution is -2.44. The van der Waals surface area contributed by atoms with Gasteiger partial charge in [0.05, 0.1) is 23.0 Å². The average Bonchev–Trinajstić information content (AvgIpc) is 3.30. The van der Waals surface area contributed by atoms with Gasteiger partial charge in [-0.3, -0.25) is 0 Å². The van der Waals surface area contributed by atoms with Crippen LogP contribution in [0.1, 0.15) is 25.5 Å². The Morgan fingerprint density at radius 3 is 2.57 bits per heavy atom. The second-order valence-corrected chi connectivity index (χ2v) is 10.5. The molecule has 186 valence electrons. The van der Waals surface area contributed by atoms with Crippen LogP contribution in [0, 0.1) is 0 Å². The van der Waals surface area contributed by atoms with Gasteiger partial charge in [0, 0.05) is 32.1 Å². The Bertz CT molecular complexity index is 1570. The number of alkyl halides is 5. The van der Waals surface area contributed by atoms with Crippen LogP contribution >= 0.6 is 0 Å². The van der Waals surface area contributed by atoms with E-state index in [-0.39, 0.29) is 57.5 Å². The Morgan fingerprint density at radius 1 is 1.23 bits per heavy atom. The van der Waals surface area contributed by atoms with Crippen LogP contribution in [0.4, 0.5) is 27.8 Å². The summed E-state index contributed by atoms with van der Waals surface area (Å²) in [5.74, 6) is -2.82. The number of imidazole rings is 1. The number of halogens is 5. The van der Waals surface area contributed by atoms with Gasteiger partial charge in [-0.05, 0) is 12.1 Å². The predicted molar refractivity (Wildman–Crippen MR) is 115 cm³/mol. The zero-order valence-electron chi connectivity index (χ0n) is 18.3. The van der Waals surface area contributed by atoms with E-state index in [1.165, 1.54) is 35.3 Å². The molecular formula is C20H18F5N7O2S. The summed E-state index contributed by atoms with van der Waals surface area (Å²) < 4.78 is 94.5. The highest BCUT2D eigenvalue weighted by atomic mass is 32.2. The van der Waals surface area contributed by atoms with E-state index in [9.17, 15) is 30.4 Å². The van der Waals surface area contributed by atoms with Crippen molar-refractivity contribution in [1.29, 1.82) is 0 Å². The van der Waals surface area contributed by atoms with Crippen LogP contribution < -0.4 is 5.32 Å². The summed E-state index contributed by atoms with van der Waals surface area (Å²) in [7, 11) is -2.44. The van der Waals surface area contributed by atoms with E-state index in [1.807, 2.05) is 0 Å². The number of sulfone groups is 1. The van der Waals surface area contributed by atoms with E-state index >= 15 is 0 Å². The molecule has 0 saturated heterocycles. The molecule has 5 rings (SSSR count). The summed E-state index contributed by atoms with van der Waals surface area (Å²) in [5, 5.41) is 6.77. The van der Waals surface area contributed by atoms with Gasteiger partial charge in [-0.2, -0.15) is 22.8 Å². The zero-order valence-corrected chi connectivity index (χ0v) is 19.1. The SMILES string of the molecule is CCS(=O)(=O)c1nn2c(NC3CC(F)(F)C3)ccnc2c1-c1nc2cc(C(F)(F)F)ncc2n1C. The topological polar surface area (TPSA) is 107 Å². The number of hydrogen-bond acceptors (Lipinski definition) is 7. The van der Waals surface area contributed by atoms with Crippen molar-refractivity contribution < 1.29 is 30.4 Å². The number of aryl methyl sites for hydroxylation is 1. The summed E-state index contributed by atoms with van der Waals surface area (Å²) in [4.78, 5) is 11.9. The minimum absolute atomic E-state index is 0.0123. The molecule has 0 atom stereocenters. The van der Waals surface area contributed by atoms with Gasteiger partial charge < -0.3 is 9.88 Å². The molecule has 4 aromatic heterocycles. The van der Waals surface area contributed by atoms with Crippen molar-refractivity contribution >= 4 is 32.3 Å². The zero-order chi connectivity index (χ0) is 25.3. The fraction of sp³-hybridized carbons (Fsp3) is 0.400. The van der Waals surface area contributed by atoms with Gasteiger partial charge in [-0.15, -0.1) is 0 Å². The Kier molecular flexibility index (Phi) is 5.06. The minimum Gasteiger partial charge on any atom is -0.367 e. The first kappa shape index (κ1) is 23.4.